The van der Waals surface area contributed by atoms with E-state index in [2.05, 4.69) is 16.0 Å². The zero-order valence-electron chi connectivity index (χ0n) is 16.7. The molecular weight excluding hydrogens is 422 g/mol. The van der Waals surface area contributed by atoms with Crippen molar-refractivity contribution in [2.75, 3.05) is 18.0 Å². The minimum absolute atomic E-state index is 0.239. The quantitative estimate of drug-likeness (QED) is 0.742. The molecule has 2 N–H and O–H groups in total. The van der Waals surface area contributed by atoms with E-state index in [1.165, 1.54) is 15.6 Å². The van der Waals surface area contributed by atoms with Crippen molar-refractivity contribution >= 4 is 33.8 Å². The first-order valence-electron chi connectivity index (χ1n) is 9.96. The topological polar surface area (TPSA) is 114 Å². The van der Waals surface area contributed by atoms with Crippen LogP contribution >= 0.6 is 22.1 Å². The van der Waals surface area contributed by atoms with Gasteiger partial charge in [0.2, 0.25) is 0 Å². The van der Waals surface area contributed by atoms with E-state index in [0.29, 0.717) is 23.1 Å². The van der Waals surface area contributed by atoms with Gasteiger partial charge in [-0.25, -0.2) is 14.3 Å². The summed E-state index contributed by atoms with van der Waals surface area (Å²) in [5, 5.41) is 12.7. The van der Waals surface area contributed by atoms with Gasteiger partial charge in [-0.15, -0.1) is 10.8 Å². The number of hydrogen-bond donors (Lipinski definition) is 2. The predicted molar refractivity (Wildman–Crippen MR) is 116 cm³/mol. The van der Waals surface area contributed by atoms with Crippen molar-refractivity contribution in [1.29, 1.82) is 5.26 Å². The van der Waals surface area contributed by atoms with Crippen molar-refractivity contribution in [1.82, 2.24) is 14.3 Å². The Hall–Kier alpha value is -2.19. The van der Waals surface area contributed by atoms with E-state index in [0.717, 1.165) is 18.4 Å². The summed E-state index contributed by atoms with van der Waals surface area (Å²) in [7, 11) is -3.35. The molecular formula is C20H23N5O3S2. The molecule has 2 aromatic rings. The van der Waals surface area contributed by atoms with Gasteiger partial charge in [-0.1, -0.05) is 0 Å². The Bertz CT molecular complexity index is 1050. The smallest absolute Gasteiger partial charge is 0.255 e. The molecule has 2 saturated heterocycles. The average molecular weight is 446 g/mol. The van der Waals surface area contributed by atoms with Crippen molar-refractivity contribution < 1.29 is 13.9 Å². The molecule has 2 atom stereocenters. The molecule has 30 heavy (non-hydrogen) atoms. The third kappa shape index (κ3) is 2.62. The molecule has 0 radical (unpaired) electrons. The SMILES string of the molecule is CC(C)N1C(=O)[C@]2(c3ccsc3)CN(c3nc(C4CC4)ncc3C#N)C[C@@H]2S1(O)O. The largest absolute Gasteiger partial charge is 0.352 e. The molecule has 1 aliphatic carbocycles. The number of rotatable bonds is 4. The molecule has 0 unspecified atom stereocenters. The Morgan fingerprint density at radius 1 is 1.40 bits per heavy atom. The van der Waals surface area contributed by atoms with Crippen LogP contribution in [-0.4, -0.2) is 53.7 Å². The maximum atomic E-state index is 13.7. The van der Waals surface area contributed by atoms with E-state index in [4.69, 9.17) is 0 Å². The highest BCUT2D eigenvalue weighted by Crippen LogP contribution is 2.66. The number of carbonyl (C=O) groups is 1. The molecule has 4 heterocycles. The van der Waals surface area contributed by atoms with Gasteiger partial charge in [-0.3, -0.25) is 13.9 Å². The number of nitriles is 1. The van der Waals surface area contributed by atoms with Crippen molar-refractivity contribution in [3.05, 3.63) is 40.0 Å². The van der Waals surface area contributed by atoms with Crippen molar-refractivity contribution in [2.24, 2.45) is 0 Å². The molecule has 3 aliphatic rings. The molecule has 0 aromatic carbocycles. The lowest BCUT2D eigenvalue weighted by atomic mass is 9.79. The summed E-state index contributed by atoms with van der Waals surface area (Å²) >= 11 is 1.48. The third-order valence-electron chi connectivity index (χ3n) is 6.28. The van der Waals surface area contributed by atoms with Crippen LogP contribution in [-0.2, 0) is 10.2 Å². The van der Waals surface area contributed by atoms with Gasteiger partial charge < -0.3 is 4.90 Å². The van der Waals surface area contributed by atoms with E-state index in [1.807, 2.05) is 21.7 Å². The van der Waals surface area contributed by atoms with Crippen LogP contribution in [0.5, 0.6) is 0 Å². The van der Waals surface area contributed by atoms with Crippen LogP contribution in [0.2, 0.25) is 0 Å². The van der Waals surface area contributed by atoms with Crippen molar-refractivity contribution in [2.45, 2.75) is 49.3 Å². The van der Waals surface area contributed by atoms with Crippen LogP contribution in [0.1, 0.15) is 49.6 Å². The van der Waals surface area contributed by atoms with E-state index in [9.17, 15) is 19.2 Å². The molecule has 8 nitrogen and oxygen atoms in total. The summed E-state index contributed by atoms with van der Waals surface area (Å²) in [5.74, 6) is 1.26. The Kier molecular flexibility index (Phi) is 4.38. The average Bonchev–Trinajstić information content (AvgIpc) is 3.19. The van der Waals surface area contributed by atoms with E-state index < -0.39 is 21.4 Å². The number of nitrogens with zero attached hydrogens (tertiary/aromatic N) is 5. The molecule has 5 rings (SSSR count). The van der Waals surface area contributed by atoms with Crippen LogP contribution in [0.15, 0.2) is 23.0 Å². The lowest BCUT2D eigenvalue weighted by Gasteiger charge is -2.43. The highest BCUT2D eigenvalue weighted by Gasteiger charge is 2.68. The zero-order chi connectivity index (χ0) is 21.3. The monoisotopic (exact) mass is 445 g/mol. The first-order chi connectivity index (χ1) is 14.3. The van der Waals surface area contributed by atoms with Gasteiger partial charge in [-0.2, -0.15) is 16.6 Å². The fourth-order valence-electron chi connectivity index (χ4n) is 4.72. The first-order valence-corrected chi connectivity index (χ1v) is 12.5. The molecule has 2 aromatic heterocycles. The van der Waals surface area contributed by atoms with Crippen molar-refractivity contribution in [3.8, 4) is 6.07 Å². The van der Waals surface area contributed by atoms with Gasteiger partial charge in [0, 0.05) is 25.0 Å². The van der Waals surface area contributed by atoms with Gasteiger partial charge in [0.15, 0.2) is 0 Å². The molecule has 10 heteroatoms. The summed E-state index contributed by atoms with van der Waals surface area (Å²) in [4.78, 5) is 24.6. The number of aromatic nitrogens is 2. The number of hydrogen-bond acceptors (Lipinski definition) is 8. The number of thiophene rings is 1. The number of amides is 1. The molecule has 1 amide bonds. The maximum Gasteiger partial charge on any atom is 0.255 e. The summed E-state index contributed by atoms with van der Waals surface area (Å²) < 4.78 is 23.7. The van der Waals surface area contributed by atoms with Gasteiger partial charge in [-0.05, 0) is 49.1 Å². The lowest BCUT2D eigenvalue weighted by Crippen LogP contribution is -2.45. The fraction of sp³-hybridized carbons (Fsp3) is 0.500. The summed E-state index contributed by atoms with van der Waals surface area (Å²) in [5.41, 5.74) is 0.0631. The summed E-state index contributed by atoms with van der Waals surface area (Å²) in [6.45, 7) is 4.09. The fourth-order valence-corrected chi connectivity index (χ4v) is 8.00. The Morgan fingerprint density at radius 2 is 2.17 bits per heavy atom. The van der Waals surface area contributed by atoms with Crippen molar-refractivity contribution in [3.63, 3.8) is 0 Å². The second kappa shape index (κ2) is 6.65. The number of carbonyl (C=O) groups excluding carboxylic acids is 1. The van der Waals surface area contributed by atoms with Gasteiger partial charge >= 0.3 is 0 Å². The van der Waals surface area contributed by atoms with E-state index in [1.54, 1.807) is 20.0 Å². The molecule has 0 spiro atoms. The predicted octanol–water partition coefficient (Wildman–Crippen LogP) is 3.33. The molecule has 2 aliphatic heterocycles. The van der Waals surface area contributed by atoms with Crippen LogP contribution in [0.25, 0.3) is 0 Å². The third-order valence-corrected chi connectivity index (χ3v) is 9.45. The second-order valence-corrected chi connectivity index (χ2v) is 11.4. The van der Waals surface area contributed by atoms with Crippen LogP contribution in [0.3, 0.4) is 0 Å². The standard InChI is InChI=1S/C20H23N5O3S2/c1-12(2)25-19(26)20(15-5-6-29-10-15)11-24(9-16(20)30(25,27)28)18-14(7-21)8-22-17(23-18)13-3-4-13/h5-6,8,10,12-13,16,27-28H,3-4,9,11H2,1-2H3/t16-,20-/m0/s1. The maximum absolute atomic E-state index is 13.7. The van der Waals surface area contributed by atoms with Crippen LogP contribution in [0.4, 0.5) is 5.82 Å². The minimum Gasteiger partial charge on any atom is -0.352 e. The summed E-state index contributed by atoms with van der Waals surface area (Å²) in [6.07, 6.45) is 3.62. The van der Waals surface area contributed by atoms with Gasteiger partial charge in [0.1, 0.15) is 33.9 Å². The number of fused-ring (bicyclic) bond motifs is 1. The van der Waals surface area contributed by atoms with E-state index >= 15 is 0 Å². The Balaban J connectivity index is 1.63. The highest BCUT2D eigenvalue weighted by molar-refractivity contribution is 8.23. The normalized spacial score (nSPS) is 28.7. The van der Waals surface area contributed by atoms with Gasteiger partial charge in [0.05, 0.1) is 6.20 Å². The second-order valence-electron chi connectivity index (χ2n) is 8.49. The molecule has 1 saturated carbocycles. The Morgan fingerprint density at radius 3 is 2.77 bits per heavy atom. The minimum atomic E-state index is -3.35. The zero-order valence-corrected chi connectivity index (χ0v) is 18.4. The molecule has 3 fully saturated rings. The van der Waals surface area contributed by atoms with Gasteiger partial charge in [0.25, 0.3) is 5.91 Å². The highest BCUT2D eigenvalue weighted by atomic mass is 32.3. The van der Waals surface area contributed by atoms with Crippen LogP contribution < -0.4 is 4.90 Å². The number of anilines is 1. The van der Waals surface area contributed by atoms with E-state index in [-0.39, 0.29) is 25.0 Å². The lowest BCUT2D eigenvalue weighted by molar-refractivity contribution is -0.131. The first kappa shape index (κ1) is 19.8. The summed E-state index contributed by atoms with van der Waals surface area (Å²) in [6, 6.07) is 3.71. The van der Waals surface area contributed by atoms with Crippen LogP contribution in [0, 0.1) is 11.3 Å². The Labute approximate surface area is 180 Å². The molecule has 0 bridgehead atoms. The molecule has 158 valence electrons.